The molecule has 0 spiro atoms. The van der Waals surface area contributed by atoms with Crippen molar-refractivity contribution in [2.24, 2.45) is 5.92 Å². The van der Waals surface area contributed by atoms with Gasteiger partial charge in [-0.3, -0.25) is 0 Å². The third-order valence-electron chi connectivity index (χ3n) is 4.26. The number of hydrogen-bond donors (Lipinski definition) is 1. The van der Waals surface area contributed by atoms with Crippen molar-refractivity contribution < 1.29 is 0 Å². The second kappa shape index (κ2) is 6.21. The predicted octanol–water partition coefficient (Wildman–Crippen LogP) is 4.85. The van der Waals surface area contributed by atoms with Gasteiger partial charge >= 0.3 is 0 Å². The molecule has 2 aromatic rings. The van der Waals surface area contributed by atoms with Gasteiger partial charge in [0.2, 0.25) is 0 Å². The molecule has 0 aliphatic carbocycles. The summed E-state index contributed by atoms with van der Waals surface area (Å²) in [7, 11) is 0. The van der Waals surface area contributed by atoms with Gasteiger partial charge in [0.15, 0.2) is 0 Å². The summed E-state index contributed by atoms with van der Waals surface area (Å²) in [5, 5.41) is 3.42. The molecule has 1 aliphatic heterocycles. The summed E-state index contributed by atoms with van der Waals surface area (Å²) in [5.41, 5.74) is 4.60. The molecule has 21 heavy (non-hydrogen) atoms. The Kier molecular flexibility index (Phi) is 4.14. The number of hydrogen-bond acceptors (Lipinski definition) is 2. The number of piperidine rings is 1. The largest absolute Gasteiger partial charge is 0.372 e. The molecule has 1 fully saturated rings. The number of nitrogens with zero attached hydrogens (tertiary/aromatic N) is 1. The van der Waals surface area contributed by atoms with Crippen molar-refractivity contribution in [2.45, 2.75) is 19.8 Å². The smallest absolute Gasteiger partial charge is 0.0385 e. The predicted molar refractivity (Wildman–Crippen MR) is 91.2 cm³/mol. The average Bonchev–Trinajstić information content (AvgIpc) is 2.51. The molecule has 2 nitrogen and oxygen atoms in total. The molecule has 1 aliphatic rings. The van der Waals surface area contributed by atoms with E-state index in [-0.39, 0.29) is 0 Å². The highest BCUT2D eigenvalue weighted by Gasteiger charge is 2.15. The van der Waals surface area contributed by atoms with Gasteiger partial charge in [-0.1, -0.05) is 19.1 Å². The van der Waals surface area contributed by atoms with Crippen molar-refractivity contribution in [1.29, 1.82) is 0 Å². The van der Waals surface area contributed by atoms with Gasteiger partial charge < -0.3 is 10.2 Å². The number of nitrogens with one attached hydrogen (secondary N) is 1. The minimum atomic E-state index is 0.873. The Morgan fingerprint density at radius 3 is 2.00 bits per heavy atom. The molecule has 0 amide bonds. The van der Waals surface area contributed by atoms with Crippen LogP contribution in [0, 0.1) is 12.8 Å². The topological polar surface area (TPSA) is 15.3 Å². The number of anilines is 3. The summed E-state index contributed by atoms with van der Waals surface area (Å²) in [4.78, 5) is 2.49. The van der Waals surface area contributed by atoms with Crippen LogP contribution in [0.1, 0.15) is 25.3 Å². The normalized spacial score (nSPS) is 16.0. The summed E-state index contributed by atoms with van der Waals surface area (Å²) >= 11 is 0. The molecule has 0 bridgehead atoms. The molecule has 1 heterocycles. The van der Waals surface area contributed by atoms with E-state index >= 15 is 0 Å². The van der Waals surface area contributed by atoms with E-state index in [4.69, 9.17) is 0 Å². The summed E-state index contributed by atoms with van der Waals surface area (Å²) in [6, 6.07) is 16.9. The molecule has 2 heteroatoms. The van der Waals surface area contributed by atoms with Gasteiger partial charge in [0.25, 0.3) is 0 Å². The van der Waals surface area contributed by atoms with Crippen molar-refractivity contribution in [3.05, 3.63) is 61.0 Å². The molecule has 109 valence electrons. The third-order valence-corrected chi connectivity index (χ3v) is 4.26. The Morgan fingerprint density at radius 2 is 1.43 bits per heavy atom. The van der Waals surface area contributed by atoms with Crippen molar-refractivity contribution in [3.8, 4) is 0 Å². The first-order chi connectivity index (χ1) is 10.2. The molecule has 3 rings (SSSR count). The van der Waals surface area contributed by atoms with Crippen molar-refractivity contribution >= 4 is 17.1 Å². The van der Waals surface area contributed by atoms with Crippen molar-refractivity contribution in [3.63, 3.8) is 0 Å². The minimum absolute atomic E-state index is 0.873. The van der Waals surface area contributed by atoms with E-state index in [9.17, 15) is 0 Å². The molecule has 0 unspecified atom stereocenters. The molecule has 0 atom stereocenters. The molecule has 0 saturated carbocycles. The van der Waals surface area contributed by atoms with Gasteiger partial charge in [0, 0.05) is 30.2 Å². The summed E-state index contributed by atoms with van der Waals surface area (Å²) in [6.07, 6.45) is 2.61. The van der Waals surface area contributed by atoms with E-state index in [0.29, 0.717) is 0 Å². The van der Waals surface area contributed by atoms with Crippen LogP contribution in [0.5, 0.6) is 0 Å². The first-order valence-corrected chi connectivity index (χ1v) is 7.75. The lowest BCUT2D eigenvalue weighted by Gasteiger charge is -2.32. The van der Waals surface area contributed by atoms with E-state index in [1.807, 2.05) is 12.1 Å². The van der Waals surface area contributed by atoms with Crippen molar-refractivity contribution in [2.75, 3.05) is 23.3 Å². The highest BCUT2D eigenvalue weighted by molar-refractivity contribution is 5.63. The number of benzene rings is 2. The van der Waals surface area contributed by atoms with Crippen LogP contribution in [0.2, 0.25) is 0 Å². The van der Waals surface area contributed by atoms with E-state index in [2.05, 4.69) is 60.5 Å². The van der Waals surface area contributed by atoms with Gasteiger partial charge in [0.05, 0.1) is 0 Å². The summed E-state index contributed by atoms with van der Waals surface area (Å²) in [5.74, 6) is 0.873. The summed E-state index contributed by atoms with van der Waals surface area (Å²) < 4.78 is 0. The molecule has 1 N–H and O–H groups in total. The summed E-state index contributed by atoms with van der Waals surface area (Å²) in [6.45, 7) is 8.61. The first kappa shape index (κ1) is 14.0. The van der Waals surface area contributed by atoms with E-state index in [1.165, 1.54) is 31.6 Å². The zero-order valence-corrected chi connectivity index (χ0v) is 12.7. The fourth-order valence-corrected chi connectivity index (χ4v) is 2.78. The Morgan fingerprint density at radius 1 is 0.905 bits per heavy atom. The molecule has 1 saturated heterocycles. The van der Waals surface area contributed by atoms with Gasteiger partial charge in [-0.15, -0.1) is 0 Å². The van der Waals surface area contributed by atoms with Crippen LogP contribution in [-0.2, 0) is 0 Å². The van der Waals surface area contributed by atoms with Crippen LogP contribution in [-0.4, -0.2) is 13.1 Å². The Balaban J connectivity index is 1.65. The van der Waals surface area contributed by atoms with Crippen LogP contribution < -0.4 is 10.2 Å². The monoisotopic (exact) mass is 279 g/mol. The average molecular weight is 279 g/mol. The van der Waals surface area contributed by atoms with Crippen LogP contribution in [0.25, 0.3) is 0 Å². The molecule has 2 aromatic carbocycles. The molecular weight excluding hydrogens is 256 g/mol. The van der Waals surface area contributed by atoms with Crippen LogP contribution in [0.4, 0.5) is 17.1 Å². The lowest BCUT2D eigenvalue weighted by Crippen LogP contribution is -2.32. The van der Waals surface area contributed by atoms with Crippen molar-refractivity contribution in [1.82, 2.24) is 0 Å². The quantitative estimate of drug-likeness (QED) is 0.864. The van der Waals surface area contributed by atoms with Gasteiger partial charge in [0.1, 0.15) is 0 Å². The molecule has 0 aromatic heterocycles. The molecule has 1 radical (unpaired) electrons. The van der Waals surface area contributed by atoms with Crippen LogP contribution >= 0.6 is 0 Å². The van der Waals surface area contributed by atoms with Gasteiger partial charge in [-0.05, 0) is 67.6 Å². The Hall–Kier alpha value is -1.96. The highest BCUT2D eigenvalue weighted by atomic mass is 15.1. The zero-order valence-electron chi connectivity index (χ0n) is 12.7. The van der Waals surface area contributed by atoms with E-state index in [1.54, 1.807) is 0 Å². The lowest BCUT2D eigenvalue weighted by molar-refractivity contribution is 0.438. The standard InChI is InChI=1S/C19H23N2/c1-15-3-5-17(6-4-15)20-18-7-9-19(10-8-18)21-13-11-16(2)12-14-21/h3-10,16,20H,1,11-14H2,2H3. The maximum atomic E-state index is 3.90. The Labute approximate surface area is 127 Å². The zero-order chi connectivity index (χ0) is 14.7. The van der Waals surface area contributed by atoms with E-state index in [0.717, 1.165) is 22.9 Å². The minimum Gasteiger partial charge on any atom is -0.372 e. The lowest BCUT2D eigenvalue weighted by atomic mass is 9.99. The fourth-order valence-electron chi connectivity index (χ4n) is 2.78. The maximum Gasteiger partial charge on any atom is 0.0385 e. The third kappa shape index (κ3) is 3.57. The SMILES string of the molecule is [CH2]c1ccc(Nc2ccc(N3CCC(C)CC3)cc2)cc1. The van der Waals surface area contributed by atoms with Gasteiger partial charge in [-0.25, -0.2) is 0 Å². The molecular formula is C19H23N2. The first-order valence-electron chi connectivity index (χ1n) is 7.75. The number of rotatable bonds is 3. The second-order valence-electron chi connectivity index (χ2n) is 6.04. The fraction of sp³-hybridized carbons (Fsp3) is 0.316. The van der Waals surface area contributed by atoms with Gasteiger partial charge in [-0.2, -0.15) is 0 Å². The van der Waals surface area contributed by atoms with Crippen LogP contribution in [0.15, 0.2) is 48.5 Å². The highest BCUT2D eigenvalue weighted by Crippen LogP contribution is 2.25. The van der Waals surface area contributed by atoms with E-state index < -0.39 is 0 Å². The Bertz CT molecular complexity index is 564. The van der Waals surface area contributed by atoms with Crippen LogP contribution in [0.3, 0.4) is 0 Å². The maximum absolute atomic E-state index is 3.90. The second-order valence-corrected chi connectivity index (χ2v) is 6.04.